The molecule has 0 saturated heterocycles. The molecule has 1 atom stereocenters. The molecular formula is C46H88O4. The molecule has 0 bridgehead atoms. The third-order valence-corrected chi connectivity index (χ3v) is 10.6. The van der Waals surface area contributed by atoms with Crippen LogP contribution in [0.1, 0.15) is 264 Å². The third-order valence-electron chi connectivity index (χ3n) is 10.6. The molecule has 1 unspecified atom stereocenters. The maximum atomic E-state index is 12.4. The molecule has 0 aliphatic heterocycles. The zero-order chi connectivity index (χ0) is 36.4. The van der Waals surface area contributed by atoms with Crippen LogP contribution >= 0.6 is 0 Å². The Labute approximate surface area is 313 Å². The quantitative estimate of drug-likeness (QED) is 0.0390. The van der Waals surface area contributed by atoms with Gasteiger partial charge < -0.3 is 9.84 Å². The van der Waals surface area contributed by atoms with E-state index in [0.717, 1.165) is 38.5 Å². The summed E-state index contributed by atoms with van der Waals surface area (Å²) in [6.45, 7) is 4.44. The molecule has 0 spiro atoms. The molecule has 1 N–H and O–H groups in total. The van der Waals surface area contributed by atoms with Crippen LogP contribution in [0.4, 0.5) is 0 Å². The fourth-order valence-electron chi connectivity index (χ4n) is 7.12. The highest BCUT2D eigenvalue weighted by Crippen LogP contribution is 2.18. The Bertz CT molecular complexity index is 717. The van der Waals surface area contributed by atoms with Crippen molar-refractivity contribution < 1.29 is 19.4 Å². The molecule has 0 radical (unpaired) electrons. The van der Waals surface area contributed by atoms with E-state index in [0.29, 0.717) is 12.8 Å². The van der Waals surface area contributed by atoms with Gasteiger partial charge in [0.1, 0.15) is 6.10 Å². The van der Waals surface area contributed by atoms with E-state index in [1.807, 2.05) is 0 Å². The number of aliphatic carboxylic acids is 1. The van der Waals surface area contributed by atoms with Crippen molar-refractivity contribution in [3.8, 4) is 0 Å². The Morgan fingerprint density at radius 3 is 1.12 bits per heavy atom. The number of carboxylic acid groups (broad SMARTS) is 1. The molecule has 0 aliphatic carbocycles. The van der Waals surface area contributed by atoms with Gasteiger partial charge in [0.05, 0.1) is 0 Å². The van der Waals surface area contributed by atoms with E-state index in [1.165, 1.54) is 199 Å². The van der Waals surface area contributed by atoms with Crippen LogP contribution in [-0.4, -0.2) is 23.1 Å². The third kappa shape index (κ3) is 41.1. The number of hydrogen-bond acceptors (Lipinski definition) is 3. The molecule has 50 heavy (non-hydrogen) atoms. The summed E-state index contributed by atoms with van der Waals surface area (Å²) in [5.41, 5.74) is 0. The number of carbonyl (C=O) groups excluding carboxylic acids is 1. The van der Waals surface area contributed by atoms with E-state index in [4.69, 9.17) is 9.84 Å². The first-order chi connectivity index (χ1) is 24.6. The molecular weight excluding hydrogens is 617 g/mol. The lowest BCUT2D eigenvalue weighted by Gasteiger charge is -2.16. The van der Waals surface area contributed by atoms with Gasteiger partial charge in [-0.3, -0.25) is 9.59 Å². The van der Waals surface area contributed by atoms with Crippen LogP contribution in [0.5, 0.6) is 0 Å². The fraction of sp³-hybridized carbons (Fsp3) is 0.913. The van der Waals surface area contributed by atoms with Gasteiger partial charge >= 0.3 is 11.9 Å². The van der Waals surface area contributed by atoms with Crippen molar-refractivity contribution in [3.63, 3.8) is 0 Å². The molecule has 0 saturated carbocycles. The van der Waals surface area contributed by atoms with Gasteiger partial charge in [-0.05, 0) is 57.8 Å². The van der Waals surface area contributed by atoms with Gasteiger partial charge in [0.15, 0.2) is 0 Å². The van der Waals surface area contributed by atoms with Crippen LogP contribution in [0.3, 0.4) is 0 Å². The SMILES string of the molecule is CCCCCCCC/C=C\CCCCCCCCCCCC(=O)OC(CC)CCCCCCCCCCCCCCCCCCCCC(=O)O. The number of carboxylic acids is 1. The van der Waals surface area contributed by atoms with E-state index >= 15 is 0 Å². The Morgan fingerprint density at radius 1 is 0.440 bits per heavy atom. The lowest BCUT2D eigenvalue weighted by molar-refractivity contribution is -0.149. The monoisotopic (exact) mass is 705 g/mol. The molecule has 0 aliphatic rings. The summed E-state index contributed by atoms with van der Waals surface area (Å²) in [5.74, 6) is -0.632. The van der Waals surface area contributed by atoms with Gasteiger partial charge in [-0.15, -0.1) is 0 Å². The highest BCUT2D eigenvalue weighted by molar-refractivity contribution is 5.69. The second kappa shape index (κ2) is 42.1. The second-order valence-electron chi connectivity index (χ2n) is 15.6. The van der Waals surface area contributed by atoms with E-state index in [-0.39, 0.29) is 12.1 Å². The van der Waals surface area contributed by atoms with Crippen LogP contribution in [0.15, 0.2) is 12.2 Å². The summed E-state index contributed by atoms with van der Waals surface area (Å²) in [4.78, 5) is 22.9. The predicted octanol–water partition coefficient (Wildman–Crippen LogP) is 15.8. The van der Waals surface area contributed by atoms with Crippen molar-refractivity contribution in [2.75, 3.05) is 0 Å². The lowest BCUT2D eigenvalue weighted by atomic mass is 10.0. The van der Waals surface area contributed by atoms with Gasteiger partial charge in [0, 0.05) is 12.8 Å². The van der Waals surface area contributed by atoms with Gasteiger partial charge in [-0.1, -0.05) is 206 Å². The van der Waals surface area contributed by atoms with Crippen molar-refractivity contribution in [1.29, 1.82) is 0 Å². The molecule has 0 fully saturated rings. The minimum atomic E-state index is -0.660. The van der Waals surface area contributed by atoms with E-state index in [1.54, 1.807) is 0 Å². The Hall–Kier alpha value is -1.32. The summed E-state index contributed by atoms with van der Waals surface area (Å²) in [6.07, 6.45) is 53.5. The molecule has 0 heterocycles. The molecule has 0 aromatic heterocycles. The Kier molecular flexibility index (Phi) is 41.0. The van der Waals surface area contributed by atoms with Crippen molar-refractivity contribution in [2.45, 2.75) is 270 Å². The number of allylic oxidation sites excluding steroid dienone is 2. The maximum absolute atomic E-state index is 12.4. The van der Waals surface area contributed by atoms with Crippen molar-refractivity contribution in [3.05, 3.63) is 12.2 Å². The van der Waals surface area contributed by atoms with Gasteiger partial charge in [-0.25, -0.2) is 0 Å². The number of unbranched alkanes of at least 4 members (excludes halogenated alkanes) is 32. The van der Waals surface area contributed by atoms with Gasteiger partial charge in [0.25, 0.3) is 0 Å². The van der Waals surface area contributed by atoms with E-state index in [2.05, 4.69) is 26.0 Å². The Balaban J connectivity index is 3.38. The number of hydrogen-bond donors (Lipinski definition) is 1. The summed E-state index contributed by atoms with van der Waals surface area (Å²) < 4.78 is 5.82. The van der Waals surface area contributed by atoms with Crippen LogP contribution in [0.25, 0.3) is 0 Å². The van der Waals surface area contributed by atoms with Crippen molar-refractivity contribution in [2.24, 2.45) is 0 Å². The minimum absolute atomic E-state index is 0.0274. The highest BCUT2D eigenvalue weighted by atomic mass is 16.5. The maximum Gasteiger partial charge on any atom is 0.306 e. The summed E-state index contributed by atoms with van der Waals surface area (Å²) in [7, 11) is 0. The molecule has 0 aromatic rings. The second-order valence-corrected chi connectivity index (χ2v) is 15.6. The zero-order valence-electron chi connectivity index (χ0n) is 34.0. The molecule has 0 aromatic carbocycles. The normalized spacial score (nSPS) is 12.2. The first kappa shape index (κ1) is 48.7. The summed E-state index contributed by atoms with van der Waals surface area (Å²) >= 11 is 0. The van der Waals surface area contributed by atoms with Gasteiger partial charge in [-0.2, -0.15) is 0 Å². The first-order valence-corrected chi connectivity index (χ1v) is 22.7. The lowest BCUT2D eigenvalue weighted by Crippen LogP contribution is -2.17. The zero-order valence-corrected chi connectivity index (χ0v) is 34.0. The fourth-order valence-corrected chi connectivity index (χ4v) is 7.12. The number of rotatable bonds is 42. The topological polar surface area (TPSA) is 63.6 Å². The minimum Gasteiger partial charge on any atom is -0.481 e. The van der Waals surface area contributed by atoms with E-state index in [9.17, 15) is 9.59 Å². The van der Waals surface area contributed by atoms with Crippen LogP contribution < -0.4 is 0 Å². The average molecular weight is 705 g/mol. The standard InChI is InChI=1S/C46H88O4/c1-3-5-6-7-8-9-10-11-12-13-14-19-22-25-28-31-34-37-40-43-46(49)50-44(4-2)41-38-35-32-29-26-23-20-17-15-16-18-21-24-27-30-33-36-39-42-45(47)48/h11-12,44H,3-10,13-43H2,1-2H3,(H,47,48)/b12-11-. The average Bonchev–Trinajstić information content (AvgIpc) is 3.11. The number of carbonyl (C=O) groups is 2. The molecule has 0 rings (SSSR count). The first-order valence-electron chi connectivity index (χ1n) is 22.7. The van der Waals surface area contributed by atoms with Crippen LogP contribution in [0, 0.1) is 0 Å². The van der Waals surface area contributed by atoms with E-state index < -0.39 is 5.97 Å². The van der Waals surface area contributed by atoms with Crippen LogP contribution in [-0.2, 0) is 14.3 Å². The molecule has 0 amide bonds. The Morgan fingerprint density at radius 2 is 0.760 bits per heavy atom. The van der Waals surface area contributed by atoms with Crippen molar-refractivity contribution in [1.82, 2.24) is 0 Å². The van der Waals surface area contributed by atoms with Crippen LogP contribution in [0.2, 0.25) is 0 Å². The predicted molar refractivity (Wildman–Crippen MR) is 218 cm³/mol. The number of ether oxygens (including phenoxy) is 1. The molecule has 4 nitrogen and oxygen atoms in total. The highest BCUT2D eigenvalue weighted by Gasteiger charge is 2.12. The summed E-state index contributed by atoms with van der Waals surface area (Å²) in [5, 5.41) is 8.66. The van der Waals surface area contributed by atoms with Gasteiger partial charge in [0.2, 0.25) is 0 Å². The van der Waals surface area contributed by atoms with Crippen molar-refractivity contribution >= 4 is 11.9 Å². The molecule has 4 heteroatoms. The largest absolute Gasteiger partial charge is 0.481 e. The smallest absolute Gasteiger partial charge is 0.306 e. The number of esters is 1. The summed E-state index contributed by atoms with van der Waals surface area (Å²) in [6, 6.07) is 0. The molecule has 296 valence electrons.